The van der Waals surface area contributed by atoms with Crippen LogP contribution in [-0.2, 0) is 14.3 Å². The number of rotatable bonds is 4. The predicted molar refractivity (Wildman–Crippen MR) is 73.1 cm³/mol. The molecule has 0 saturated carbocycles. The van der Waals surface area contributed by atoms with E-state index in [1.165, 1.54) is 11.5 Å². The van der Waals surface area contributed by atoms with E-state index in [1.807, 2.05) is 0 Å². The molecule has 20 heavy (non-hydrogen) atoms. The predicted octanol–water partition coefficient (Wildman–Crippen LogP) is 2.50. The molecule has 0 bridgehead atoms. The SMILES string of the molecule is C/C=C(/S/C(=N/NC(=O)C(F)(F)F)SC)C(=O)OCC. The van der Waals surface area contributed by atoms with Gasteiger partial charge in [-0.05, 0) is 20.1 Å². The normalized spacial score (nSPS) is 13.1. The van der Waals surface area contributed by atoms with E-state index >= 15 is 0 Å². The third-order valence-corrected chi connectivity index (χ3v) is 3.70. The van der Waals surface area contributed by atoms with Crippen molar-refractivity contribution in [3.63, 3.8) is 0 Å². The molecule has 0 heterocycles. The van der Waals surface area contributed by atoms with E-state index in [9.17, 15) is 22.8 Å². The van der Waals surface area contributed by atoms with E-state index in [2.05, 4.69) is 5.10 Å². The van der Waals surface area contributed by atoms with Crippen LogP contribution in [0, 0.1) is 0 Å². The van der Waals surface area contributed by atoms with Crippen LogP contribution in [0.4, 0.5) is 13.2 Å². The number of hydrogen-bond donors (Lipinski definition) is 1. The molecule has 0 aliphatic carbocycles. The summed E-state index contributed by atoms with van der Waals surface area (Å²) in [4.78, 5) is 22.3. The molecule has 114 valence electrons. The summed E-state index contributed by atoms with van der Waals surface area (Å²) in [6, 6.07) is 0. The summed E-state index contributed by atoms with van der Waals surface area (Å²) in [5.41, 5.74) is 1.38. The number of hydrogen-bond acceptors (Lipinski definition) is 6. The molecule has 10 heteroatoms. The van der Waals surface area contributed by atoms with E-state index in [1.54, 1.807) is 20.1 Å². The Bertz CT molecular complexity index is 422. The molecule has 0 spiro atoms. The Morgan fingerprint density at radius 1 is 1.40 bits per heavy atom. The molecular weight excluding hydrogens is 317 g/mol. The van der Waals surface area contributed by atoms with Gasteiger partial charge in [-0.3, -0.25) is 4.79 Å². The summed E-state index contributed by atoms with van der Waals surface area (Å²) < 4.78 is 40.8. The van der Waals surface area contributed by atoms with Gasteiger partial charge in [-0.15, -0.1) is 11.8 Å². The van der Waals surface area contributed by atoms with Crippen molar-refractivity contribution in [2.24, 2.45) is 5.10 Å². The van der Waals surface area contributed by atoms with Crippen LogP contribution in [-0.4, -0.2) is 35.3 Å². The van der Waals surface area contributed by atoms with E-state index in [0.29, 0.717) is 0 Å². The number of hydrazone groups is 1. The van der Waals surface area contributed by atoms with Crippen molar-refractivity contribution in [2.45, 2.75) is 20.0 Å². The lowest BCUT2D eigenvalue weighted by atomic mass is 10.5. The van der Waals surface area contributed by atoms with Crippen LogP contribution >= 0.6 is 23.5 Å². The summed E-state index contributed by atoms with van der Waals surface area (Å²) in [5, 5.41) is 3.31. The number of halogens is 3. The van der Waals surface area contributed by atoms with Gasteiger partial charge < -0.3 is 4.74 Å². The number of alkyl halides is 3. The van der Waals surface area contributed by atoms with Crippen molar-refractivity contribution in [3.05, 3.63) is 11.0 Å². The molecule has 0 aromatic heterocycles. The summed E-state index contributed by atoms with van der Waals surface area (Å²) in [5.74, 6) is -2.79. The molecule has 0 atom stereocenters. The van der Waals surface area contributed by atoms with Gasteiger partial charge in [0.1, 0.15) is 0 Å². The van der Waals surface area contributed by atoms with Crippen molar-refractivity contribution in [1.82, 2.24) is 5.43 Å². The molecule has 0 fully saturated rings. The van der Waals surface area contributed by atoms with Crippen molar-refractivity contribution in [3.8, 4) is 0 Å². The Morgan fingerprint density at radius 2 is 2.00 bits per heavy atom. The number of esters is 1. The fourth-order valence-corrected chi connectivity index (χ4v) is 2.06. The Labute approximate surface area is 122 Å². The maximum Gasteiger partial charge on any atom is 0.473 e. The molecular formula is C10H13F3N2O3S2. The molecule has 0 aliphatic rings. The molecule has 0 aromatic rings. The van der Waals surface area contributed by atoms with Crippen molar-refractivity contribution >= 4 is 39.8 Å². The third-order valence-electron chi connectivity index (χ3n) is 1.62. The Hall–Kier alpha value is -1.16. The second kappa shape index (κ2) is 8.90. The second-order valence-corrected chi connectivity index (χ2v) is 5.08. The molecule has 0 aromatic carbocycles. The van der Waals surface area contributed by atoms with Crippen LogP contribution in [0.2, 0.25) is 0 Å². The van der Waals surface area contributed by atoms with Gasteiger partial charge in [0.05, 0.1) is 11.5 Å². The maximum atomic E-state index is 12.0. The minimum Gasteiger partial charge on any atom is -0.462 e. The highest BCUT2D eigenvalue weighted by molar-refractivity contribution is 8.40. The van der Waals surface area contributed by atoms with Crippen molar-refractivity contribution in [2.75, 3.05) is 12.9 Å². The van der Waals surface area contributed by atoms with Gasteiger partial charge in [-0.25, -0.2) is 10.2 Å². The molecule has 0 unspecified atom stereocenters. The quantitative estimate of drug-likeness (QED) is 0.282. The topological polar surface area (TPSA) is 67.8 Å². The number of ether oxygens (including phenoxy) is 1. The van der Waals surface area contributed by atoms with Gasteiger partial charge >= 0.3 is 18.1 Å². The van der Waals surface area contributed by atoms with Gasteiger partial charge in [0.15, 0.2) is 4.38 Å². The molecule has 0 radical (unpaired) electrons. The van der Waals surface area contributed by atoms with Crippen LogP contribution in [0.5, 0.6) is 0 Å². The van der Waals surface area contributed by atoms with Crippen LogP contribution in [0.3, 0.4) is 0 Å². The number of carbonyl (C=O) groups is 2. The highest BCUT2D eigenvalue weighted by atomic mass is 32.2. The Balaban J connectivity index is 4.77. The van der Waals surface area contributed by atoms with Crippen LogP contribution in [0.1, 0.15) is 13.8 Å². The number of allylic oxidation sites excluding steroid dienone is 1. The lowest BCUT2D eigenvalue weighted by Gasteiger charge is -2.08. The number of thioether (sulfide) groups is 2. The zero-order valence-electron chi connectivity index (χ0n) is 10.9. The molecule has 1 N–H and O–H groups in total. The van der Waals surface area contributed by atoms with E-state index < -0.39 is 18.1 Å². The first kappa shape index (κ1) is 18.8. The summed E-state index contributed by atoms with van der Waals surface area (Å²) in [6.45, 7) is 3.38. The lowest BCUT2D eigenvalue weighted by molar-refractivity contribution is -0.173. The molecule has 0 aliphatic heterocycles. The van der Waals surface area contributed by atoms with E-state index in [-0.39, 0.29) is 15.9 Å². The summed E-state index contributed by atoms with van der Waals surface area (Å²) >= 11 is 1.79. The van der Waals surface area contributed by atoms with E-state index in [4.69, 9.17) is 4.74 Å². The van der Waals surface area contributed by atoms with Gasteiger partial charge in [-0.2, -0.15) is 18.3 Å². The van der Waals surface area contributed by atoms with Gasteiger partial charge in [-0.1, -0.05) is 17.8 Å². The number of nitrogens with zero attached hydrogens (tertiary/aromatic N) is 1. The van der Waals surface area contributed by atoms with Gasteiger partial charge in [0.25, 0.3) is 0 Å². The Kier molecular flexibility index (Phi) is 8.39. The third kappa shape index (κ3) is 6.85. The summed E-state index contributed by atoms with van der Waals surface area (Å²) in [6.07, 6.45) is -2.02. The molecule has 0 saturated heterocycles. The van der Waals surface area contributed by atoms with Crippen LogP contribution < -0.4 is 5.43 Å². The zero-order valence-corrected chi connectivity index (χ0v) is 12.5. The average molecular weight is 330 g/mol. The first-order valence-electron chi connectivity index (χ1n) is 5.26. The molecule has 1 amide bonds. The lowest BCUT2D eigenvalue weighted by Crippen LogP contribution is -2.33. The first-order valence-corrected chi connectivity index (χ1v) is 7.30. The molecule has 0 rings (SSSR count). The largest absolute Gasteiger partial charge is 0.473 e. The fraction of sp³-hybridized carbons (Fsp3) is 0.500. The maximum absolute atomic E-state index is 12.0. The van der Waals surface area contributed by atoms with E-state index in [0.717, 1.165) is 23.5 Å². The highest BCUT2D eigenvalue weighted by Gasteiger charge is 2.38. The van der Waals surface area contributed by atoms with Gasteiger partial charge in [0.2, 0.25) is 0 Å². The van der Waals surface area contributed by atoms with Crippen molar-refractivity contribution < 1.29 is 27.5 Å². The van der Waals surface area contributed by atoms with Crippen LogP contribution in [0.15, 0.2) is 16.1 Å². The minimum absolute atomic E-state index is 0.0729. The smallest absolute Gasteiger partial charge is 0.462 e. The second-order valence-electron chi connectivity index (χ2n) is 3.00. The zero-order chi connectivity index (χ0) is 15.8. The highest BCUT2D eigenvalue weighted by Crippen LogP contribution is 2.24. The number of nitrogens with one attached hydrogen (secondary N) is 1. The number of carbonyl (C=O) groups excluding carboxylic acids is 2. The summed E-state index contributed by atoms with van der Waals surface area (Å²) in [7, 11) is 0. The van der Waals surface area contributed by atoms with Crippen LogP contribution in [0.25, 0.3) is 0 Å². The minimum atomic E-state index is -5.01. The number of amides is 1. The monoisotopic (exact) mass is 330 g/mol. The van der Waals surface area contributed by atoms with Gasteiger partial charge in [0, 0.05) is 0 Å². The average Bonchev–Trinajstić information content (AvgIpc) is 2.37. The molecule has 5 nitrogen and oxygen atoms in total. The van der Waals surface area contributed by atoms with Crippen molar-refractivity contribution in [1.29, 1.82) is 0 Å². The first-order chi connectivity index (χ1) is 9.26. The standard InChI is InChI=1S/C10H13F3N2O3S2/c1-4-6(7(16)18-5-2)20-9(19-3)15-14-8(17)10(11,12)13/h4H,5H2,1-3H3,(H,14,17)/b6-4+,15-9+. The fourth-order valence-electron chi connectivity index (χ4n) is 0.785. The Morgan fingerprint density at radius 3 is 2.40 bits per heavy atom.